The molecule has 0 aliphatic carbocycles. The van der Waals surface area contributed by atoms with Crippen molar-refractivity contribution in [1.29, 1.82) is 5.26 Å². The first-order valence-corrected chi connectivity index (χ1v) is 12.0. The average Bonchev–Trinajstić information content (AvgIpc) is 2.82. The molecule has 0 spiro atoms. The van der Waals surface area contributed by atoms with Crippen molar-refractivity contribution in [1.82, 2.24) is 5.32 Å². The number of hydrogen-bond acceptors (Lipinski definition) is 4. The van der Waals surface area contributed by atoms with E-state index in [-0.39, 0.29) is 6.04 Å². The molecule has 1 unspecified atom stereocenters. The van der Waals surface area contributed by atoms with Gasteiger partial charge in [0.15, 0.2) is 0 Å². The van der Waals surface area contributed by atoms with Gasteiger partial charge in [0.25, 0.3) is 0 Å². The summed E-state index contributed by atoms with van der Waals surface area (Å²) in [6.45, 7) is 5.89. The van der Waals surface area contributed by atoms with Gasteiger partial charge in [0, 0.05) is 17.9 Å². The molecule has 1 N–H and O–H groups in total. The second-order valence-electron chi connectivity index (χ2n) is 9.76. The topological polar surface area (TPSA) is 65.4 Å². The van der Waals surface area contributed by atoms with Crippen molar-refractivity contribution in [3.8, 4) is 17.2 Å². The summed E-state index contributed by atoms with van der Waals surface area (Å²) < 4.78 is 44.5. The molecular weight excluding hydrogens is 503 g/mol. The molecule has 5 nitrogen and oxygen atoms in total. The van der Waals surface area contributed by atoms with Gasteiger partial charge in [-0.2, -0.15) is 18.4 Å². The zero-order chi connectivity index (χ0) is 27.0. The number of alkyl halides is 3. The molecule has 3 aromatic rings. The molecule has 1 amide bonds. The first kappa shape index (κ1) is 26.4. The van der Waals surface area contributed by atoms with Gasteiger partial charge in [-0.1, -0.05) is 29.8 Å². The number of benzene rings is 3. The molecule has 0 radical (unpaired) electrons. The van der Waals surface area contributed by atoms with Crippen LogP contribution in [0.2, 0.25) is 5.02 Å². The Balaban J connectivity index is 1.74. The number of nitrogens with one attached hydrogen (secondary N) is 1. The summed E-state index contributed by atoms with van der Waals surface area (Å²) in [7, 11) is 0. The number of amides is 1. The zero-order valence-corrected chi connectivity index (χ0v) is 21.2. The Morgan fingerprint density at radius 3 is 2.32 bits per heavy atom. The van der Waals surface area contributed by atoms with Gasteiger partial charge in [-0.25, -0.2) is 4.79 Å². The smallest absolute Gasteiger partial charge is 0.416 e. The van der Waals surface area contributed by atoms with Gasteiger partial charge < -0.3 is 15.0 Å². The van der Waals surface area contributed by atoms with Crippen LogP contribution in [0.4, 0.5) is 29.3 Å². The van der Waals surface area contributed by atoms with Crippen LogP contribution in [0, 0.1) is 11.3 Å². The maximum atomic E-state index is 13.0. The van der Waals surface area contributed by atoms with Crippen molar-refractivity contribution in [3.63, 3.8) is 0 Å². The lowest BCUT2D eigenvalue weighted by atomic mass is 9.92. The molecule has 0 saturated heterocycles. The minimum Gasteiger partial charge on any atom is -0.444 e. The summed E-state index contributed by atoms with van der Waals surface area (Å²) in [6.07, 6.45) is -4.43. The van der Waals surface area contributed by atoms with Crippen molar-refractivity contribution in [2.24, 2.45) is 0 Å². The monoisotopic (exact) mass is 527 g/mol. The maximum Gasteiger partial charge on any atom is 0.416 e. The molecule has 1 aliphatic heterocycles. The van der Waals surface area contributed by atoms with E-state index < -0.39 is 23.4 Å². The summed E-state index contributed by atoms with van der Waals surface area (Å²) in [4.78, 5) is 14.6. The predicted octanol–water partition coefficient (Wildman–Crippen LogP) is 8.01. The van der Waals surface area contributed by atoms with Gasteiger partial charge in [-0.05, 0) is 86.3 Å². The lowest BCUT2D eigenvalue weighted by Gasteiger charge is -2.37. The Morgan fingerprint density at radius 2 is 1.73 bits per heavy atom. The molecule has 1 atom stereocenters. The highest BCUT2D eigenvalue weighted by Gasteiger charge is 2.31. The number of hydrogen-bond donors (Lipinski definition) is 1. The Morgan fingerprint density at radius 1 is 1.05 bits per heavy atom. The fourth-order valence-electron chi connectivity index (χ4n) is 4.28. The van der Waals surface area contributed by atoms with Gasteiger partial charge in [0.2, 0.25) is 0 Å². The largest absolute Gasteiger partial charge is 0.444 e. The first-order chi connectivity index (χ1) is 17.4. The van der Waals surface area contributed by atoms with Crippen LogP contribution in [0.25, 0.3) is 11.1 Å². The number of rotatable bonds is 3. The Bertz CT molecular complexity index is 1360. The number of carbonyl (C=O) groups is 1. The van der Waals surface area contributed by atoms with Gasteiger partial charge in [0.05, 0.1) is 22.2 Å². The summed E-state index contributed by atoms with van der Waals surface area (Å²) in [6, 6.07) is 17.4. The number of nitrogens with zero attached hydrogens (tertiary/aromatic N) is 2. The van der Waals surface area contributed by atoms with Crippen molar-refractivity contribution < 1.29 is 22.7 Å². The number of halogens is 4. The number of carbonyl (C=O) groups excluding carboxylic acids is 1. The molecule has 3 aromatic carbocycles. The van der Waals surface area contributed by atoms with Crippen molar-refractivity contribution in [2.45, 2.75) is 45.0 Å². The highest BCUT2D eigenvalue weighted by Crippen LogP contribution is 2.41. The first-order valence-electron chi connectivity index (χ1n) is 11.6. The lowest BCUT2D eigenvalue weighted by Crippen LogP contribution is -2.39. The fraction of sp³-hybridized carbons (Fsp3) is 0.286. The molecule has 1 heterocycles. The second-order valence-corrected chi connectivity index (χ2v) is 10.2. The number of ether oxygens (including phenoxy) is 1. The highest BCUT2D eigenvalue weighted by molar-refractivity contribution is 6.32. The van der Waals surface area contributed by atoms with E-state index in [4.69, 9.17) is 16.3 Å². The summed E-state index contributed by atoms with van der Waals surface area (Å²) >= 11 is 6.28. The van der Waals surface area contributed by atoms with Crippen LogP contribution in [-0.4, -0.2) is 18.2 Å². The van der Waals surface area contributed by atoms with Crippen molar-refractivity contribution in [2.75, 3.05) is 11.4 Å². The fourth-order valence-corrected chi connectivity index (χ4v) is 4.49. The van der Waals surface area contributed by atoms with Gasteiger partial charge >= 0.3 is 12.3 Å². The maximum absolute atomic E-state index is 13.0. The SMILES string of the molecule is CC(C)(C)OC(=O)NC1CCN(c2ccc(C#N)c(Cl)c2)c2ccc(-c3ccc(C(F)(F)F)cc3)cc21. The summed E-state index contributed by atoms with van der Waals surface area (Å²) in [5, 5.41) is 12.5. The summed E-state index contributed by atoms with van der Waals surface area (Å²) in [5.74, 6) is 0. The van der Waals surface area contributed by atoms with E-state index in [1.54, 1.807) is 39.0 Å². The number of anilines is 2. The molecule has 0 bridgehead atoms. The minimum atomic E-state index is -4.42. The van der Waals surface area contributed by atoms with E-state index in [1.807, 2.05) is 29.2 Å². The van der Waals surface area contributed by atoms with Crippen molar-refractivity contribution in [3.05, 3.63) is 82.4 Å². The Labute approximate surface area is 218 Å². The van der Waals surface area contributed by atoms with Crippen LogP contribution in [0.15, 0.2) is 60.7 Å². The number of alkyl carbamates (subject to hydrolysis) is 1. The average molecular weight is 528 g/mol. The second kappa shape index (κ2) is 9.98. The molecule has 0 fully saturated rings. The van der Waals surface area contributed by atoms with Gasteiger partial charge in [-0.15, -0.1) is 0 Å². The molecule has 1 aliphatic rings. The summed E-state index contributed by atoms with van der Waals surface area (Å²) in [5.41, 5.74) is 2.68. The van der Waals surface area contributed by atoms with Crippen LogP contribution in [0.3, 0.4) is 0 Å². The van der Waals surface area contributed by atoms with Crippen LogP contribution in [-0.2, 0) is 10.9 Å². The van der Waals surface area contributed by atoms with E-state index >= 15 is 0 Å². The third-order valence-corrected chi connectivity index (χ3v) is 6.27. The van der Waals surface area contributed by atoms with Crippen molar-refractivity contribution >= 4 is 29.1 Å². The molecule has 192 valence electrons. The van der Waals surface area contributed by atoms with Gasteiger partial charge in [0.1, 0.15) is 11.7 Å². The molecule has 9 heteroatoms. The van der Waals surface area contributed by atoms with Crippen LogP contribution in [0.5, 0.6) is 0 Å². The molecule has 0 aromatic heterocycles. The standard InChI is InChI=1S/C28H25ClF3N3O2/c1-27(2,3)37-26(36)34-24-12-13-35(21-10-6-19(16-33)23(29)15-21)25-11-7-18(14-22(24)25)17-4-8-20(9-5-17)28(30,31)32/h4-11,14-15,24H,12-13H2,1-3H3,(H,34,36). The van der Waals surface area contributed by atoms with Crippen LogP contribution in [0.1, 0.15) is 49.9 Å². The van der Waals surface area contributed by atoms with E-state index in [0.717, 1.165) is 29.1 Å². The zero-order valence-electron chi connectivity index (χ0n) is 20.5. The molecular formula is C28H25ClF3N3O2. The predicted molar refractivity (Wildman–Crippen MR) is 137 cm³/mol. The minimum absolute atomic E-state index is 0.330. The van der Waals surface area contributed by atoms with E-state index in [1.165, 1.54) is 12.1 Å². The Kier molecular flexibility index (Phi) is 7.11. The molecule has 4 rings (SSSR count). The van der Waals surface area contributed by atoms with Gasteiger partial charge in [-0.3, -0.25) is 0 Å². The third-order valence-electron chi connectivity index (χ3n) is 5.96. The number of fused-ring (bicyclic) bond motifs is 1. The normalized spacial score (nSPS) is 15.5. The van der Waals surface area contributed by atoms with Crippen LogP contribution >= 0.6 is 11.6 Å². The van der Waals surface area contributed by atoms with E-state index in [2.05, 4.69) is 5.32 Å². The molecule has 37 heavy (non-hydrogen) atoms. The lowest BCUT2D eigenvalue weighted by molar-refractivity contribution is -0.137. The van der Waals surface area contributed by atoms with Crippen LogP contribution < -0.4 is 10.2 Å². The third kappa shape index (κ3) is 6.00. The van der Waals surface area contributed by atoms with E-state index in [0.29, 0.717) is 34.7 Å². The Hall–Kier alpha value is -3.70. The number of nitriles is 1. The van der Waals surface area contributed by atoms with E-state index in [9.17, 15) is 23.2 Å². The molecule has 0 saturated carbocycles. The highest BCUT2D eigenvalue weighted by atomic mass is 35.5. The quantitative estimate of drug-likeness (QED) is 0.374.